The summed E-state index contributed by atoms with van der Waals surface area (Å²) in [7, 11) is 0. The number of hydrogen-bond acceptors (Lipinski definition) is 3. The summed E-state index contributed by atoms with van der Waals surface area (Å²) < 4.78 is 2.40. The van der Waals surface area contributed by atoms with Gasteiger partial charge in [0.1, 0.15) is 0 Å². The molecule has 0 aliphatic carbocycles. The molecule has 2 aliphatic heterocycles. The van der Waals surface area contributed by atoms with E-state index in [0.29, 0.717) is 28.8 Å². The van der Waals surface area contributed by atoms with Crippen molar-refractivity contribution < 1.29 is 0 Å². The summed E-state index contributed by atoms with van der Waals surface area (Å²) >= 11 is 0. The highest BCUT2D eigenvalue weighted by Gasteiger charge is 2.44. The van der Waals surface area contributed by atoms with E-state index >= 15 is 0 Å². The minimum absolute atomic E-state index is 0.433. The molecule has 5 aromatic carbocycles. The molecule has 0 bridgehead atoms. The molecule has 2 aliphatic rings. The van der Waals surface area contributed by atoms with Gasteiger partial charge in [0, 0.05) is 27.5 Å². The van der Waals surface area contributed by atoms with E-state index < -0.39 is 10.8 Å². The Hall–Kier alpha value is -6.11. The number of fused-ring (bicyclic) bond motifs is 1. The third kappa shape index (κ3) is 3.61. The van der Waals surface area contributed by atoms with Crippen molar-refractivity contribution >= 4 is 33.2 Å². The topological polar surface area (TPSA) is 52.3 Å². The molecule has 6 nitrogen and oxygen atoms in total. The van der Waals surface area contributed by atoms with Crippen molar-refractivity contribution in [1.29, 1.82) is 0 Å². The molecule has 9 rings (SSSR count). The Labute approximate surface area is 272 Å². The molecule has 222 valence electrons. The third-order valence-electron chi connectivity index (χ3n) is 10.2. The first-order valence-corrected chi connectivity index (χ1v) is 15.7. The van der Waals surface area contributed by atoms with Crippen molar-refractivity contribution in [2.75, 3.05) is 0 Å². The Morgan fingerprint density at radius 2 is 0.915 bits per heavy atom. The lowest BCUT2D eigenvalue weighted by atomic mass is 9.68. The number of nitrogens with zero attached hydrogens (tertiary/aromatic N) is 6. The van der Waals surface area contributed by atoms with Crippen LogP contribution in [-0.2, 0) is 10.8 Å². The fourth-order valence-corrected chi connectivity index (χ4v) is 7.73. The fourth-order valence-electron chi connectivity index (χ4n) is 7.73. The van der Waals surface area contributed by atoms with Crippen LogP contribution >= 0.6 is 0 Å². The lowest BCUT2D eigenvalue weighted by Crippen LogP contribution is -2.33. The van der Waals surface area contributed by atoms with Crippen LogP contribution in [-0.4, -0.2) is 19.5 Å². The Bertz CT molecular complexity index is 2410. The van der Waals surface area contributed by atoms with Gasteiger partial charge in [0.2, 0.25) is 0 Å². The van der Waals surface area contributed by atoms with Crippen LogP contribution in [0, 0.1) is 13.1 Å². The Kier molecular flexibility index (Phi) is 5.34. The molecule has 0 fully saturated rings. The van der Waals surface area contributed by atoms with Crippen LogP contribution in [0.1, 0.15) is 49.9 Å². The van der Waals surface area contributed by atoms with Crippen molar-refractivity contribution in [3.63, 3.8) is 0 Å². The maximum absolute atomic E-state index is 7.97. The van der Waals surface area contributed by atoms with Crippen LogP contribution < -0.4 is 0 Å². The second-order valence-corrected chi connectivity index (χ2v) is 13.5. The molecular weight excluding hydrogens is 576 g/mol. The van der Waals surface area contributed by atoms with Crippen LogP contribution in [0.15, 0.2) is 97.1 Å². The molecule has 47 heavy (non-hydrogen) atoms. The molecular formula is C41H28N6. The SMILES string of the molecule is [C-]#[N+]c1cc2c3c(c1)c1cc([N+]#[C-])cc4c1n3-c1c(cc(-c3nc(-c5ccccc5)nc(-c5ccccc5)n3)cc1C4(C)C)C2(C)C. The lowest BCUT2D eigenvalue weighted by Gasteiger charge is -2.42. The van der Waals surface area contributed by atoms with Gasteiger partial charge in [-0.3, -0.25) is 0 Å². The van der Waals surface area contributed by atoms with Crippen molar-refractivity contribution in [3.05, 3.63) is 142 Å². The Morgan fingerprint density at radius 3 is 1.32 bits per heavy atom. The molecule has 0 amide bonds. The zero-order valence-corrected chi connectivity index (χ0v) is 26.4. The van der Waals surface area contributed by atoms with Crippen molar-refractivity contribution in [1.82, 2.24) is 19.5 Å². The van der Waals surface area contributed by atoms with E-state index in [1.807, 2.05) is 84.9 Å². The average Bonchev–Trinajstić information content (AvgIpc) is 3.43. The van der Waals surface area contributed by atoms with Gasteiger partial charge in [-0.1, -0.05) is 100 Å². The molecule has 2 aromatic heterocycles. The first-order chi connectivity index (χ1) is 22.7. The largest absolute Gasteiger partial charge is 0.308 e. The van der Waals surface area contributed by atoms with E-state index in [-0.39, 0.29) is 0 Å². The van der Waals surface area contributed by atoms with Crippen LogP contribution in [0.2, 0.25) is 0 Å². The fraction of sp³-hybridized carbons (Fsp3) is 0.146. The molecule has 7 aromatic rings. The predicted octanol–water partition coefficient (Wildman–Crippen LogP) is 10.3. The summed E-state index contributed by atoms with van der Waals surface area (Å²) in [6.45, 7) is 24.9. The molecule has 0 saturated carbocycles. The van der Waals surface area contributed by atoms with Gasteiger partial charge in [0.05, 0.1) is 29.9 Å². The lowest BCUT2D eigenvalue weighted by molar-refractivity contribution is 0.594. The maximum atomic E-state index is 7.97. The monoisotopic (exact) mass is 604 g/mol. The maximum Gasteiger partial charge on any atom is 0.188 e. The van der Waals surface area contributed by atoms with Crippen molar-refractivity contribution in [2.45, 2.75) is 38.5 Å². The van der Waals surface area contributed by atoms with E-state index in [1.165, 1.54) is 5.69 Å². The molecule has 4 heterocycles. The second kappa shape index (κ2) is 9.22. The summed E-state index contributed by atoms with van der Waals surface area (Å²) in [4.78, 5) is 22.9. The molecule has 6 heteroatoms. The highest BCUT2D eigenvalue weighted by Crippen LogP contribution is 2.57. The van der Waals surface area contributed by atoms with E-state index in [4.69, 9.17) is 28.1 Å². The number of rotatable bonds is 3. The summed E-state index contributed by atoms with van der Waals surface area (Å²) in [5.41, 5.74) is 11.0. The smallest absolute Gasteiger partial charge is 0.188 e. The molecule has 0 saturated heterocycles. The number of benzene rings is 5. The van der Waals surface area contributed by atoms with E-state index in [9.17, 15) is 0 Å². The number of hydrogen-bond donors (Lipinski definition) is 0. The normalized spacial score (nSPS) is 14.7. The quantitative estimate of drug-likeness (QED) is 0.189. The average molecular weight is 605 g/mol. The first kappa shape index (κ1) is 27.2. The van der Waals surface area contributed by atoms with Gasteiger partial charge in [-0.2, -0.15) is 0 Å². The minimum Gasteiger partial charge on any atom is -0.308 e. The van der Waals surface area contributed by atoms with Crippen molar-refractivity contribution in [3.8, 4) is 39.9 Å². The van der Waals surface area contributed by atoms with Gasteiger partial charge >= 0.3 is 0 Å². The van der Waals surface area contributed by atoms with Crippen LogP contribution in [0.5, 0.6) is 0 Å². The van der Waals surface area contributed by atoms with E-state index in [2.05, 4.69) is 54.1 Å². The van der Waals surface area contributed by atoms with E-state index in [0.717, 1.165) is 60.8 Å². The predicted molar refractivity (Wildman–Crippen MR) is 187 cm³/mol. The molecule has 0 N–H and O–H groups in total. The number of aromatic nitrogens is 4. The molecule has 0 radical (unpaired) electrons. The second-order valence-electron chi connectivity index (χ2n) is 13.5. The van der Waals surface area contributed by atoms with Gasteiger partial charge in [-0.05, 0) is 57.3 Å². The Balaban J connectivity index is 1.41. The highest BCUT2D eigenvalue weighted by atomic mass is 15.0. The summed E-state index contributed by atoms with van der Waals surface area (Å²) in [5, 5.41) is 2.05. The summed E-state index contributed by atoms with van der Waals surface area (Å²) in [6, 6.07) is 32.7. The molecule has 0 spiro atoms. The van der Waals surface area contributed by atoms with Crippen LogP contribution in [0.25, 0.3) is 71.3 Å². The van der Waals surface area contributed by atoms with Gasteiger partial charge < -0.3 is 4.57 Å². The minimum atomic E-state index is -0.433. The zero-order chi connectivity index (χ0) is 32.2. The first-order valence-electron chi connectivity index (χ1n) is 15.7. The molecule has 0 unspecified atom stereocenters. The van der Waals surface area contributed by atoms with Crippen molar-refractivity contribution in [2.24, 2.45) is 0 Å². The highest BCUT2D eigenvalue weighted by molar-refractivity contribution is 6.16. The van der Waals surface area contributed by atoms with Gasteiger partial charge in [0.15, 0.2) is 28.8 Å². The van der Waals surface area contributed by atoms with Gasteiger partial charge in [-0.25, -0.2) is 24.6 Å². The molecule has 0 atom stereocenters. The standard InChI is InChI=1S/C41H28N6/c1-40(2)30-17-25(39-45-37(23-13-9-7-10-14-23)44-38(46-39)24-15-11-8-12-16-24)18-31-36(30)47-34-28(19-26(42-5)21-32(34)40)29-20-27(43-6)22-33(35(29)47)41(31,3)4/h7-22H,1-4H3. The third-order valence-corrected chi connectivity index (χ3v) is 10.2. The van der Waals surface area contributed by atoms with Crippen LogP contribution in [0.4, 0.5) is 11.4 Å². The van der Waals surface area contributed by atoms with Crippen LogP contribution in [0.3, 0.4) is 0 Å². The zero-order valence-electron chi connectivity index (χ0n) is 26.4. The van der Waals surface area contributed by atoms with Gasteiger partial charge in [0.25, 0.3) is 0 Å². The Morgan fingerprint density at radius 1 is 0.511 bits per heavy atom. The van der Waals surface area contributed by atoms with Gasteiger partial charge in [-0.15, -0.1) is 0 Å². The summed E-state index contributed by atoms with van der Waals surface area (Å²) in [6.07, 6.45) is 0. The summed E-state index contributed by atoms with van der Waals surface area (Å²) in [5.74, 6) is 1.84. The van der Waals surface area contributed by atoms with E-state index in [1.54, 1.807) is 0 Å².